The van der Waals surface area contributed by atoms with Crippen LogP contribution in [0.3, 0.4) is 0 Å². The molecule has 1 nitrogen and oxygen atoms in total. The highest BCUT2D eigenvalue weighted by Gasteiger charge is 2.28. The van der Waals surface area contributed by atoms with Crippen LogP contribution in [0.4, 0.5) is 13.2 Å². The van der Waals surface area contributed by atoms with Crippen LogP contribution in [0.1, 0.15) is 87.7 Å². The van der Waals surface area contributed by atoms with Gasteiger partial charge < -0.3 is 4.74 Å². The van der Waals surface area contributed by atoms with Crippen molar-refractivity contribution < 1.29 is 17.9 Å². The van der Waals surface area contributed by atoms with Crippen molar-refractivity contribution in [2.45, 2.75) is 82.7 Å². The van der Waals surface area contributed by atoms with Crippen molar-refractivity contribution in [3.05, 3.63) is 71.1 Å². The maximum Gasteiger partial charge on any atom is 0.162 e. The van der Waals surface area contributed by atoms with Crippen LogP contribution in [0.25, 0.3) is 0 Å². The standard InChI is InChI=1S/C26H33F3O/c1-17(2)24(27)15-18(3)16-30-21-11-9-20(10-12-21)23-14-13-22(25(28)26(23)29)19-7-5-4-6-8-19/h13-15,19-21H,1,3-12,16H2,2H3/b24-15+. The van der Waals surface area contributed by atoms with Crippen molar-refractivity contribution in [3.8, 4) is 0 Å². The van der Waals surface area contributed by atoms with Gasteiger partial charge in [0, 0.05) is 0 Å². The fourth-order valence-electron chi connectivity index (χ4n) is 4.73. The summed E-state index contributed by atoms with van der Waals surface area (Å²) in [4.78, 5) is 0. The lowest BCUT2D eigenvalue weighted by molar-refractivity contribution is 0.0393. The van der Waals surface area contributed by atoms with Gasteiger partial charge in [0.2, 0.25) is 0 Å². The molecule has 0 saturated heterocycles. The zero-order valence-corrected chi connectivity index (χ0v) is 18.0. The average Bonchev–Trinajstić information content (AvgIpc) is 2.75. The van der Waals surface area contributed by atoms with Crippen LogP contribution >= 0.6 is 0 Å². The summed E-state index contributed by atoms with van der Waals surface area (Å²) in [5.74, 6) is -1.51. The molecular weight excluding hydrogens is 385 g/mol. The number of hydrogen-bond acceptors (Lipinski definition) is 1. The van der Waals surface area contributed by atoms with E-state index in [2.05, 4.69) is 13.2 Å². The minimum Gasteiger partial charge on any atom is -0.374 e. The first kappa shape index (κ1) is 22.9. The number of rotatable bonds is 7. The largest absolute Gasteiger partial charge is 0.374 e. The molecule has 164 valence electrons. The Morgan fingerprint density at radius 2 is 1.47 bits per heavy atom. The van der Waals surface area contributed by atoms with E-state index in [1.165, 1.54) is 12.5 Å². The number of hydrogen-bond donors (Lipinski definition) is 0. The Balaban J connectivity index is 1.55. The Kier molecular flexibility index (Phi) is 7.99. The van der Waals surface area contributed by atoms with Crippen molar-refractivity contribution >= 4 is 0 Å². The molecule has 0 atom stereocenters. The highest BCUT2D eigenvalue weighted by atomic mass is 19.2. The molecule has 4 heteroatoms. The predicted octanol–water partition coefficient (Wildman–Crippen LogP) is 8.04. The molecule has 0 aromatic heterocycles. The minimum absolute atomic E-state index is 0.0173. The van der Waals surface area contributed by atoms with Crippen LogP contribution in [0, 0.1) is 11.6 Å². The lowest BCUT2D eigenvalue weighted by atomic mass is 9.80. The van der Waals surface area contributed by atoms with Crippen LogP contribution in [0.15, 0.2) is 48.3 Å². The molecule has 0 amide bonds. The molecular formula is C26H33F3O. The van der Waals surface area contributed by atoms with Crippen LogP contribution in [0.2, 0.25) is 0 Å². The van der Waals surface area contributed by atoms with Gasteiger partial charge in [-0.15, -0.1) is 0 Å². The Hall–Kier alpha value is -1.81. The zero-order valence-electron chi connectivity index (χ0n) is 18.0. The van der Waals surface area contributed by atoms with E-state index >= 15 is 0 Å². The highest BCUT2D eigenvalue weighted by Crippen LogP contribution is 2.39. The Bertz CT molecular complexity index is 797. The molecule has 0 unspecified atom stereocenters. The van der Waals surface area contributed by atoms with Gasteiger partial charge in [-0.1, -0.05) is 44.6 Å². The van der Waals surface area contributed by atoms with Gasteiger partial charge in [-0.05, 0) is 85.6 Å². The molecule has 0 N–H and O–H groups in total. The molecule has 2 saturated carbocycles. The van der Waals surface area contributed by atoms with Crippen molar-refractivity contribution in [3.63, 3.8) is 0 Å². The van der Waals surface area contributed by atoms with E-state index in [1.807, 2.05) is 6.07 Å². The fourth-order valence-corrected chi connectivity index (χ4v) is 4.73. The molecule has 2 aliphatic carbocycles. The summed E-state index contributed by atoms with van der Waals surface area (Å²) in [6, 6.07) is 3.63. The SMILES string of the molecule is C=C(/C=C(/F)C(=C)C)COC1CCC(c2ccc(C3CCCCC3)c(F)c2F)CC1. The van der Waals surface area contributed by atoms with Gasteiger partial charge in [-0.3, -0.25) is 0 Å². The third-order valence-corrected chi connectivity index (χ3v) is 6.54. The van der Waals surface area contributed by atoms with Gasteiger partial charge in [0.25, 0.3) is 0 Å². The van der Waals surface area contributed by atoms with E-state index in [4.69, 9.17) is 4.74 Å². The van der Waals surface area contributed by atoms with Gasteiger partial charge >= 0.3 is 0 Å². The zero-order chi connectivity index (χ0) is 21.7. The number of halogens is 3. The Labute approximate surface area is 178 Å². The molecule has 0 aliphatic heterocycles. The maximum absolute atomic E-state index is 14.9. The normalized spacial score (nSPS) is 23.4. The van der Waals surface area contributed by atoms with Crippen molar-refractivity contribution in [2.24, 2.45) is 0 Å². The van der Waals surface area contributed by atoms with E-state index in [9.17, 15) is 13.2 Å². The third-order valence-electron chi connectivity index (χ3n) is 6.54. The first-order valence-electron chi connectivity index (χ1n) is 11.2. The highest BCUT2D eigenvalue weighted by molar-refractivity contribution is 5.32. The number of benzene rings is 1. The Morgan fingerprint density at radius 1 is 0.933 bits per heavy atom. The molecule has 1 aromatic carbocycles. The lowest BCUT2D eigenvalue weighted by Gasteiger charge is -2.30. The number of allylic oxidation sites excluding steroid dienone is 2. The van der Waals surface area contributed by atoms with E-state index < -0.39 is 11.6 Å². The van der Waals surface area contributed by atoms with Gasteiger partial charge in [0.1, 0.15) is 5.83 Å². The minimum atomic E-state index is -0.656. The summed E-state index contributed by atoms with van der Waals surface area (Å²) in [6.07, 6.45) is 9.73. The van der Waals surface area contributed by atoms with Gasteiger partial charge in [0.15, 0.2) is 11.6 Å². The van der Waals surface area contributed by atoms with Crippen LogP contribution in [0.5, 0.6) is 0 Å². The fraction of sp³-hybridized carbons (Fsp3) is 0.538. The van der Waals surface area contributed by atoms with Crippen molar-refractivity contribution in [1.29, 1.82) is 0 Å². The predicted molar refractivity (Wildman–Crippen MR) is 116 cm³/mol. The average molecular weight is 419 g/mol. The molecule has 0 heterocycles. The smallest absolute Gasteiger partial charge is 0.162 e. The van der Waals surface area contributed by atoms with Crippen LogP contribution < -0.4 is 0 Å². The van der Waals surface area contributed by atoms with Crippen molar-refractivity contribution in [2.75, 3.05) is 6.61 Å². The van der Waals surface area contributed by atoms with E-state index in [-0.39, 0.29) is 30.4 Å². The van der Waals surface area contributed by atoms with Gasteiger partial charge in [-0.25, -0.2) is 13.2 Å². The topological polar surface area (TPSA) is 9.23 Å². The summed E-state index contributed by atoms with van der Waals surface area (Å²) >= 11 is 0. The van der Waals surface area contributed by atoms with Gasteiger partial charge in [-0.2, -0.15) is 0 Å². The van der Waals surface area contributed by atoms with Crippen molar-refractivity contribution in [1.82, 2.24) is 0 Å². The molecule has 2 fully saturated rings. The summed E-state index contributed by atoms with van der Waals surface area (Å²) in [6.45, 7) is 9.24. The maximum atomic E-state index is 14.9. The second-order valence-electron chi connectivity index (χ2n) is 8.92. The second kappa shape index (κ2) is 10.5. The molecule has 0 bridgehead atoms. The lowest BCUT2D eigenvalue weighted by Crippen LogP contribution is -2.22. The first-order valence-corrected chi connectivity index (χ1v) is 11.2. The van der Waals surface area contributed by atoms with Crippen LogP contribution in [-0.4, -0.2) is 12.7 Å². The first-order chi connectivity index (χ1) is 14.4. The molecule has 3 rings (SSSR count). The quantitative estimate of drug-likeness (QED) is 0.407. The van der Waals surface area contributed by atoms with E-state index in [0.29, 0.717) is 22.3 Å². The molecule has 2 aliphatic rings. The summed E-state index contributed by atoms with van der Waals surface area (Å²) in [5.41, 5.74) is 1.98. The molecule has 0 radical (unpaired) electrons. The molecule has 1 aromatic rings. The number of ether oxygens (including phenoxy) is 1. The third kappa shape index (κ3) is 5.66. The monoisotopic (exact) mass is 418 g/mol. The summed E-state index contributed by atoms with van der Waals surface area (Å²) < 4.78 is 49.1. The molecule has 0 spiro atoms. The molecule has 30 heavy (non-hydrogen) atoms. The Morgan fingerprint density at radius 3 is 2.00 bits per heavy atom. The van der Waals surface area contributed by atoms with E-state index in [1.54, 1.807) is 13.0 Å². The van der Waals surface area contributed by atoms with E-state index in [0.717, 1.165) is 51.4 Å². The van der Waals surface area contributed by atoms with Gasteiger partial charge in [0.05, 0.1) is 12.7 Å². The second-order valence-corrected chi connectivity index (χ2v) is 8.92. The van der Waals surface area contributed by atoms with Crippen LogP contribution in [-0.2, 0) is 4.74 Å². The summed E-state index contributed by atoms with van der Waals surface area (Å²) in [7, 11) is 0. The summed E-state index contributed by atoms with van der Waals surface area (Å²) in [5, 5.41) is 0.